The normalized spacial score (nSPS) is 27.5. The van der Waals surface area contributed by atoms with Gasteiger partial charge in [0.2, 0.25) is 0 Å². The van der Waals surface area contributed by atoms with Gasteiger partial charge in [-0.3, -0.25) is 4.90 Å². The molecule has 0 spiro atoms. The van der Waals surface area contributed by atoms with Gasteiger partial charge in [-0.2, -0.15) is 0 Å². The largest absolute Gasteiger partial charge is 0.480 e. The van der Waals surface area contributed by atoms with Gasteiger partial charge < -0.3 is 15.3 Å². The number of nitrogens with one attached hydrogen (secondary N) is 1. The maximum atomic E-state index is 12.5. The molecular formula is C14H25N3O3S. The first-order valence-corrected chi connectivity index (χ1v) is 8.54. The molecule has 2 amide bonds. The summed E-state index contributed by atoms with van der Waals surface area (Å²) in [5.41, 5.74) is 0.0446. The molecule has 2 N–H and O–H groups in total. The van der Waals surface area contributed by atoms with Crippen LogP contribution < -0.4 is 5.32 Å². The third-order valence-corrected chi connectivity index (χ3v) is 6.22. The minimum absolute atomic E-state index is 0.0391. The summed E-state index contributed by atoms with van der Waals surface area (Å²) in [6.45, 7) is 2.57. The Balaban J connectivity index is 1.99. The predicted octanol–water partition coefficient (Wildman–Crippen LogP) is 1.42. The van der Waals surface area contributed by atoms with Crippen molar-refractivity contribution < 1.29 is 14.7 Å². The van der Waals surface area contributed by atoms with Crippen molar-refractivity contribution in [3.63, 3.8) is 0 Å². The topological polar surface area (TPSA) is 72.9 Å². The summed E-state index contributed by atoms with van der Waals surface area (Å²) in [4.78, 5) is 27.4. The van der Waals surface area contributed by atoms with Crippen LogP contribution in [0.4, 0.5) is 4.79 Å². The molecule has 0 aromatic carbocycles. The number of likely N-dealkylation sites (N-methyl/N-ethyl adjacent to an activating group) is 1. The van der Waals surface area contributed by atoms with Gasteiger partial charge >= 0.3 is 12.0 Å². The molecule has 0 bridgehead atoms. The van der Waals surface area contributed by atoms with Gasteiger partial charge in [0.25, 0.3) is 0 Å². The van der Waals surface area contributed by atoms with Crippen molar-refractivity contribution in [2.75, 3.05) is 26.4 Å². The lowest BCUT2D eigenvalue weighted by atomic mass is 9.75. The van der Waals surface area contributed by atoms with E-state index in [1.54, 1.807) is 11.8 Å². The molecule has 0 radical (unpaired) electrons. The Kier molecular flexibility index (Phi) is 5.03. The third kappa shape index (κ3) is 3.13. The van der Waals surface area contributed by atoms with Gasteiger partial charge in [0.15, 0.2) is 0 Å². The molecule has 1 saturated carbocycles. The van der Waals surface area contributed by atoms with Crippen LogP contribution in [0.15, 0.2) is 0 Å². The number of carbonyl (C=O) groups is 2. The van der Waals surface area contributed by atoms with E-state index in [1.807, 2.05) is 21.0 Å². The average molecular weight is 315 g/mol. The second kappa shape index (κ2) is 6.44. The van der Waals surface area contributed by atoms with Crippen molar-refractivity contribution in [2.45, 2.75) is 49.6 Å². The van der Waals surface area contributed by atoms with Crippen LogP contribution >= 0.6 is 11.8 Å². The summed E-state index contributed by atoms with van der Waals surface area (Å²) in [6, 6.07) is -0.955. The van der Waals surface area contributed by atoms with Crippen molar-refractivity contribution in [2.24, 2.45) is 0 Å². The number of thioether (sulfide) groups is 1. The smallest absolute Gasteiger partial charge is 0.327 e. The molecule has 2 aliphatic rings. The molecule has 2 unspecified atom stereocenters. The highest BCUT2D eigenvalue weighted by atomic mass is 32.2. The van der Waals surface area contributed by atoms with E-state index in [0.29, 0.717) is 12.3 Å². The number of nitrogens with zero attached hydrogens (tertiary/aromatic N) is 2. The predicted molar refractivity (Wildman–Crippen MR) is 83.5 cm³/mol. The first-order chi connectivity index (χ1) is 9.91. The molecule has 21 heavy (non-hydrogen) atoms. The molecular weight excluding hydrogens is 290 g/mol. The van der Waals surface area contributed by atoms with E-state index in [9.17, 15) is 14.7 Å². The standard InChI is InChI=1S/C14H25N3O3S/c1-4-11-17(10(8-21-11)12(18)19)13(20)15-9-14(16(2)3)6-5-7-14/h10-11H,4-9H2,1-3H3,(H,15,20)(H,18,19). The maximum Gasteiger partial charge on any atom is 0.327 e. The zero-order valence-electron chi connectivity index (χ0n) is 13.0. The first kappa shape index (κ1) is 16.4. The van der Waals surface area contributed by atoms with E-state index in [0.717, 1.165) is 19.3 Å². The molecule has 6 nitrogen and oxygen atoms in total. The second-order valence-corrected chi connectivity index (χ2v) is 7.30. The zero-order valence-corrected chi connectivity index (χ0v) is 13.8. The molecule has 2 rings (SSSR count). The van der Waals surface area contributed by atoms with Gasteiger partial charge in [0, 0.05) is 17.8 Å². The van der Waals surface area contributed by atoms with Crippen LogP contribution in [0.25, 0.3) is 0 Å². The molecule has 2 atom stereocenters. The van der Waals surface area contributed by atoms with Crippen molar-refractivity contribution in [3.8, 4) is 0 Å². The van der Waals surface area contributed by atoms with Crippen molar-refractivity contribution in [3.05, 3.63) is 0 Å². The molecule has 1 heterocycles. The zero-order chi connectivity index (χ0) is 15.6. The Bertz CT molecular complexity index is 412. The van der Waals surface area contributed by atoms with Crippen LogP contribution in [0.5, 0.6) is 0 Å². The Morgan fingerprint density at radius 1 is 1.43 bits per heavy atom. The van der Waals surface area contributed by atoms with Crippen LogP contribution in [0, 0.1) is 0 Å². The van der Waals surface area contributed by atoms with Crippen molar-refractivity contribution in [1.29, 1.82) is 0 Å². The molecule has 1 saturated heterocycles. The molecule has 120 valence electrons. The molecule has 1 aliphatic carbocycles. The number of carbonyl (C=O) groups excluding carboxylic acids is 1. The van der Waals surface area contributed by atoms with E-state index in [2.05, 4.69) is 10.2 Å². The first-order valence-electron chi connectivity index (χ1n) is 7.49. The summed E-state index contributed by atoms with van der Waals surface area (Å²) in [7, 11) is 4.07. The Morgan fingerprint density at radius 3 is 2.52 bits per heavy atom. The molecule has 2 fully saturated rings. The summed E-state index contributed by atoms with van der Waals surface area (Å²) >= 11 is 1.55. The number of urea groups is 1. The number of amides is 2. The lowest BCUT2D eigenvalue weighted by molar-refractivity contribution is -0.141. The van der Waals surface area contributed by atoms with Crippen molar-refractivity contribution in [1.82, 2.24) is 15.1 Å². The third-order valence-electron chi connectivity index (χ3n) is 4.76. The SMILES string of the molecule is CCC1SCC(C(=O)O)N1C(=O)NCC1(N(C)C)CCC1. The Labute approximate surface area is 130 Å². The summed E-state index contributed by atoms with van der Waals surface area (Å²) in [6.07, 6.45) is 4.10. The van der Waals surface area contributed by atoms with Gasteiger partial charge in [-0.25, -0.2) is 9.59 Å². The van der Waals surface area contributed by atoms with Crippen LogP contribution in [0.2, 0.25) is 0 Å². The van der Waals surface area contributed by atoms with E-state index >= 15 is 0 Å². The van der Waals surface area contributed by atoms with E-state index in [1.165, 1.54) is 11.3 Å². The van der Waals surface area contributed by atoms with Gasteiger partial charge in [-0.1, -0.05) is 6.92 Å². The van der Waals surface area contributed by atoms with Gasteiger partial charge in [0.05, 0.1) is 5.37 Å². The summed E-state index contributed by atoms with van der Waals surface area (Å²) < 4.78 is 0. The fourth-order valence-corrected chi connectivity index (χ4v) is 4.39. The molecule has 7 heteroatoms. The lowest BCUT2D eigenvalue weighted by Gasteiger charge is -2.47. The highest BCUT2D eigenvalue weighted by Gasteiger charge is 2.43. The number of carboxylic acids is 1. The van der Waals surface area contributed by atoms with Gasteiger partial charge in [-0.15, -0.1) is 11.8 Å². The second-order valence-electron chi connectivity index (χ2n) is 6.09. The van der Waals surface area contributed by atoms with Crippen LogP contribution in [0.1, 0.15) is 32.6 Å². The fraction of sp³-hybridized carbons (Fsp3) is 0.857. The number of hydrogen-bond acceptors (Lipinski definition) is 4. The fourth-order valence-electron chi connectivity index (χ4n) is 3.04. The quantitative estimate of drug-likeness (QED) is 0.803. The van der Waals surface area contributed by atoms with Crippen LogP contribution in [-0.2, 0) is 4.79 Å². The molecule has 0 aromatic rings. The van der Waals surface area contributed by atoms with E-state index in [-0.39, 0.29) is 16.9 Å². The van der Waals surface area contributed by atoms with E-state index in [4.69, 9.17) is 0 Å². The Hall–Kier alpha value is -0.950. The molecule has 1 aliphatic heterocycles. The number of aliphatic carboxylic acids is 1. The highest BCUT2D eigenvalue weighted by Crippen LogP contribution is 2.36. The minimum atomic E-state index is -0.917. The summed E-state index contributed by atoms with van der Waals surface area (Å²) in [5, 5.41) is 12.2. The van der Waals surface area contributed by atoms with Gasteiger partial charge in [0.1, 0.15) is 6.04 Å². The van der Waals surface area contributed by atoms with Crippen LogP contribution in [0.3, 0.4) is 0 Å². The number of carboxylic acid groups (broad SMARTS) is 1. The monoisotopic (exact) mass is 315 g/mol. The Morgan fingerprint density at radius 2 is 2.10 bits per heavy atom. The number of hydrogen-bond donors (Lipinski definition) is 2. The molecule has 0 aromatic heterocycles. The van der Waals surface area contributed by atoms with E-state index < -0.39 is 12.0 Å². The van der Waals surface area contributed by atoms with Crippen LogP contribution in [-0.4, -0.2) is 70.3 Å². The highest BCUT2D eigenvalue weighted by molar-refractivity contribution is 8.00. The lowest BCUT2D eigenvalue weighted by Crippen LogP contribution is -2.59. The van der Waals surface area contributed by atoms with Gasteiger partial charge in [-0.05, 0) is 39.8 Å². The number of rotatable bonds is 5. The van der Waals surface area contributed by atoms with Crippen molar-refractivity contribution >= 4 is 23.8 Å². The maximum absolute atomic E-state index is 12.5. The average Bonchev–Trinajstić information content (AvgIpc) is 2.80. The summed E-state index contributed by atoms with van der Waals surface area (Å²) in [5.74, 6) is -0.445. The minimum Gasteiger partial charge on any atom is -0.480 e.